The molecule has 0 aromatic heterocycles. The van der Waals surface area contributed by atoms with E-state index in [1.165, 1.54) is 0 Å². The summed E-state index contributed by atoms with van der Waals surface area (Å²) in [6, 6.07) is 0.0859. The van der Waals surface area contributed by atoms with E-state index in [0.717, 1.165) is 32.2 Å². The minimum Gasteiger partial charge on any atom is -0.465 e. The third-order valence-electron chi connectivity index (χ3n) is 8.81. The van der Waals surface area contributed by atoms with Gasteiger partial charge in [0.05, 0.1) is 12.0 Å². The number of likely N-dealkylation sites (tertiary alicyclic amines) is 1. The molecular weight excluding hydrogens is 426 g/mol. The molecule has 1 saturated heterocycles. The molecule has 2 unspecified atom stereocenters. The molecule has 1 heterocycles. The number of aliphatic hydroxyl groups is 1. The number of rotatable bonds is 10. The average Bonchev–Trinajstić information content (AvgIpc) is 2.88. The molecule has 0 saturated carbocycles. The molecule has 5 heteroatoms. The fourth-order valence-corrected chi connectivity index (χ4v) is 5.26. The summed E-state index contributed by atoms with van der Waals surface area (Å²) in [5.41, 5.74) is -1.44. The third-order valence-corrected chi connectivity index (χ3v) is 8.81. The van der Waals surface area contributed by atoms with Crippen molar-refractivity contribution in [1.82, 2.24) is 4.90 Å². The quantitative estimate of drug-likeness (QED) is 0.281. The lowest BCUT2D eigenvalue weighted by atomic mass is 9.52. The molecule has 0 bridgehead atoms. The number of hydrogen-bond acceptors (Lipinski definition) is 4. The van der Waals surface area contributed by atoms with Gasteiger partial charge >= 0.3 is 5.97 Å². The van der Waals surface area contributed by atoms with Gasteiger partial charge in [-0.2, -0.15) is 0 Å². The van der Waals surface area contributed by atoms with E-state index in [9.17, 15) is 9.59 Å². The Hall–Kier alpha value is -1.10. The predicted octanol–water partition coefficient (Wildman–Crippen LogP) is 6.61. The molecule has 5 nitrogen and oxygen atoms in total. The van der Waals surface area contributed by atoms with Crippen LogP contribution in [-0.4, -0.2) is 47.7 Å². The molecule has 1 amide bonds. The molecule has 1 aliphatic heterocycles. The van der Waals surface area contributed by atoms with Gasteiger partial charge in [0.2, 0.25) is 5.91 Å². The van der Waals surface area contributed by atoms with Crippen LogP contribution in [0.25, 0.3) is 0 Å². The SMILES string of the molecule is CC(C)(C)CC(N1CCCCCC1=O)C(C)(C)C(C)(C)CC(C)(C(=O)OCCCO)C(C)(C)C. The van der Waals surface area contributed by atoms with Crippen molar-refractivity contribution < 1.29 is 19.4 Å². The average molecular weight is 482 g/mol. The first kappa shape index (κ1) is 30.9. The second kappa shape index (κ2) is 11.3. The molecule has 0 aromatic rings. The third kappa shape index (κ3) is 7.45. The van der Waals surface area contributed by atoms with Crippen LogP contribution in [0.4, 0.5) is 0 Å². The van der Waals surface area contributed by atoms with Gasteiger partial charge in [0.15, 0.2) is 0 Å². The summed E-state index contributed by atoms with van der Waals surface area (Å²) >= 11 is 0. The minimum atomic E-state index is -0.710. The van der Waals surface area contributed by atoms with Crippen molar-refractivity contribution in [2.75, 3.05) is 19.8 Å². The Labute approximate surface area is 210 Å². The zero-order valence-electron chi connectivity index (χ0n) is 24.3. The van der Waals surface area contributed by atoms with Crippen molar-refractivity contribution in [3.8, 4) is 0 Å². The first-order chi connectivity index (χ1) is 15.3. The van der Waals surface area contributed by atoms with Gasteiger partial charge in [0, 0.05) is 32.0 Å². The van der Waals surface area contributed by atoms with Crippen LogP contribution in [0.5, 0.6) is 0 Å². The lowest BCUT2D eigenvalue weighted by Crippen LogP contribution is -2.57. The van der Waals surface area contributed by atoms with Crippen LogP contribution in [0.2, 0.25) is 0 Å². The molecule has 0 aliphatic carbocycles. The molecule has 200 valence electrons. The monoisotopic (exact) mass is 481 g/mol. The van der Waals surface area contributed by atoms with Crippen LogP contribution in [0.1, 0.15) is 121 Å². The van der Waals surface area contributed by atoms with E-state index in [-0.39, 0.29) is 52.8 Å². The molecule has 1 rings (SSSR count). The normalized spacial score (nSPS) is 19.4. The highest BCUT2D eigenvalue weighted by molar-refractivity contribution is 5.78. The Morgan fingerprint density at radius 3 is 2.06 bits per heavy atom. The molecule has 2 atom stereocenters. The first-order valence-electron chi connectivity index (χ1n) is 13.4. The molecular formula is C29H55NO4. The zero-order chi connectivity index (χ0) is 26.6. The van der Waals surface area contributed by atoms with Crippen LogP contribution < -0.4 is 0 Å². The second-order valence-corrected chi connectivity index (χ2v) is 14.3. The summed E-state index contributed by atoms with van der Waals surface area (Å²) in [6.45, 7) is 25.3. The summed E-state index contributed by atoms with van der Waals surface area (Å²) in [5.74, 6) is 0.0770. The minimum absolute atomic E-state index is 0.0103. The van der Waals surface area contributed by atoms with E-state index in [0.29, 0.717) is 19.3 Å². The Morgan fingerprint density at radius 2 is 1.56 bits per heavy atom. The van der Waals surface area contributed by atoms with Gasteiger partial charge in [-0.25, -0.2) is 0 Å². The number of ether oxygens (including phenoxy) is 1. The van der Waals surface area contributed by atoms with Crippen molar-refractivity contribution in [1.29, 1.82) is 0 Å². The predicted molar refractivity (Wildman–Crippen MR) is 140 cm³/mol. The number of carbonyl (C=O) groups excluding carboxylic acids is 2. The van der Waals surface area contributed by atoms with Gasteiger partial charge < -0.3 is 14.7 Å². The fraction of sp³-hybridized carbons (Fsp3) is 0.931. The first-order valence-corrected chi connectivity index (χ1v) is 13.4. The largest absolute Gasteiger partial charge is 0.465 e. The Balaban J connectivity index is 3.42. The van der Waals surface area contributed by atoms with Gasteiger partial charge in [-0.1, -0.05) is 75.7 Å². The standard InChI is InChI=1S/C29H55NO4/c1-25(2,3)20-22(30-17-14-12-13-16-23(30)32)28(9,10)27(7,8)21-29(11,26(4,5)6)24(33)34-19-15-18-31/h22,31H,12-21H2,1-11H3. The maximum Gasteiger partial charge on any atom is 0.312 e. The van der Waals surface area contributed by atoms with Gasteiger partial charge in [0.1, 0.15) is 0 Å². The molecule has 1 fully saturated rings. The van der Waals surface area contributed by atoms with E-state index >= 15 is 0 Å². The summed E-state index contributed by atoms with van der Waals surface area (Å²) in [7, 11) is 0. The van der Waals surface area contributed by atoms with E-state index in [4.69, 9.17) is 9.84 Å². The Kier molecular flexibility index (Phi) is 10.3. The lowest BCUT2D eigenvalue weighted by molar-refractivity contribution is -0.169. The van der Waals surface area contributed by atoms with Crippen molar-refractivity contribution in [3.63, 3.8) is 0 Å². The number of amides is 1. The Morgan fingerprint density at radius 1 is 0.971 bits per heavy atom. The van der Waals surface area contributed by atoms with Crippen molar-refractivity contribution >= 4 is 11.9 Å². The number of carbonyl (C=O) groups is 2. The highest BCUT2D eigenvalue weighted by Gasteiger charge is 2.55. The highest BCUT2D eigenvalue weighted by atomic mass is 16.5. The molecule has 34 heavy (non-hydrogen) atoms. The number of aliphatic hydroxyl groups excluding tert-OH is 1. The van der Waals surface area contributed by atoms with Gasteiger partial charge in [-0.3, -0.25) is 9.59 Å². The number of esters is 1. The van der Waals surface area contributed by atoms with E-state index in [1.54, 1.807) is 0 Å². The van der Waals surface area contributed by atoms with Crippen molar-refractivity contribution in [3.05, 3.63) is 0 Å². The summed E-state index contributed by atoms with van der Waals surface area (Å²) in [5, 5.41) is 9.13. The smallest absolute Gasteiger partial charge is 0.312 e. The van der Waals surface area contributed by atoms with Gasteiger partial charge in [0.25, 0.3) is 0 Å². The second-order valence-electron chi connectivity index (χ2n) is 14.3. The molecule has 0 spiro atoms. The van der Waals surface area contributed by atoms with E-state index in [2.05, 4.69) is 74.1 Å². The van der Waals surface area contributed by atoms with Crippen LogP contribution in [0.3, 0.4) is 0 Å². The summed E-state index contributed by atoms with van der Waals surface area (Å²) in [6.07, 6.45) is 5.79. The van der Waals surface area contributed by atoms with Crippen molar-refractivity contribution in [2.45, 2.75) is 127 Å². The van der Waals surface area contributed by atoms with E-state index in [1.807, 2.05) is 6.92 Å². The van der Waals surface area contributed by atoms with Crippen LogP contribution in [0, 0.1) is 27.1 Å². The topological polar surface area (TPSA) is 66.8 Å². The summed E-state index contributed by atoms with van der Waals surface area (Å²) < 4.78 is 5.66. The maximum atomic E-state index is 13.4. The molecule has 1 aliphatic rings. The van der Waals surface area contributed by atoms with Crippen LogP contribution in [0.15, 0.2) is 0 Å². The van der Waals surface area contributed by atoms with Crippen molar-refractivity contribution in [2.24, 2.45) is 27.1 Å². The zero-order valence-corrected chi connectivity index (χ0v) is 24.3. The lowest BCUT2D eigenvalue weighted by Gasteiger charge is -2.55. The molecule has 1 N–H and O–H groups in total. The van der Waals surface area contributed by atoms with Crippen LogP contribution >= 0.6 is 0 Å². The summed E-state index contributed by atoms with van der Waals surface area (Å²) in [4.78, 5) is 28.8. The fourth-order valence-electron chi connectivity index (χ4n) is 5.26. The Bertz CT molecular complexity index is 683. The van der Waals surface area contributed by atoms with Crippen LogP contribution in [-0.2, 0) is 14.3 Å². The number of hydrogen-bond donors (Lipinski definition) is 1. The molecule has 0 aromatic carbocycles. The molecule has 0 radical (unpaired) electrons. The van der Waals surface area contributed by atoms with Gasteiger partial charge in [-0.05, 0) is 54.3 Å². The maximum absolute atomic E-state index is 13.4. The van der Waals surface area contributed by atoms with E-state index < -0.39 is 5.41 Å². The highest BCUT2D eigenvalue weighted by Crippen LogP contribution is 2.56. The van der Waals surface area contributed by atoms with Gasteiger partial charge in [-0.15, -0.1) is 0 Å². The number of nitrogens with zero attached hydrogens (tertiary/aromatic N) is 1.